The first-order valence-electron chi connectivity index (χ1n) is 11.9. The lowest BCUT2D eigenvalue weighted by Gasteiger charge is -2.27. The highest BCUT2D eigenvalue weighted by Gasteiger charge is 2.28. The molecule has 3 aromatic rings. The van der Waals surface area contributed by atoms with Crippen LogP contribution >= 0.6 is 11.3 Å². The maximum Gasteiger partial charge on any atom is 0.306 e. The Kier molecular flexibility index (Phi) is 7.36. The summed E-state index contributed by atoms with van der Waals surface area (Å²) in [7, 11) is 0. The lowest BCUT2D eigenvalue weighted by atomic mass is 9.86. The number of hydrogen-bond donors (Lipinski definition) is 2. The maximum absolute atomic E-state index is 13.4. The number of carbonyl (C=O) groups excluding carboxylic acids is 2. The fraction of sp³-hybridized carbons (Fsp3) is 0.423. The van der Waals surface area contributed by atoms with Crippen molar-refractivity contribution in [2.24, 2.45) is 5.92 Å². The van der Waals surface area contributed by atoms with Crippen molar-refractivity contribution in [3.8, 4) is 0 Å². The Morgan fingerprint density at radius 2 is 1.88 bits per heavy atom. The molecule has 1 aromatic carbocycles. The van der Waals surface area contributed by atoms with Gasteiger partial charge in [0.05, 0.1) is 16.1 Å². The lowest BCUT2D eigenvalue weighted by molar-refractivity contribution is -0.142. The average Bonchev–Trinajstić information content (AvgIpc) is 3.43. The van der Waals surface area contributed by atoms with Crippen molar-refractivity contribution in [3.05, 3.63) is 53.0 Å². The Balaban J connectivity index is 1.53. The standard InChI is InChI=1S/C26H31N3O4S/c1-3-17-6-5-7-20(14-17)28(4-2)24(30)16-29-21-12-13-34-23(21)15-22(29)25(31)27-19-10-8-18(9-11-19)26(32)33/h5-7,12-15,18-19H,3-4,8-11,16H2,1-2H3,(H,27,31)(H,32,33). The molecule has 8 heteroatoms. The van der Waals surface area contributed by atoms with Crippen molar-refractivity contribution >= 4 is 45.0 Å². The minimum atomic E-state index is -0.762. The highest BCUT2D eigenvalue weighted by molar-refractivity contribution is 7.17. The van der Waals surface area contributed by atoms with Gasteiger partial charge in [-0.15, -0.1) is 11.3 Å². The zero-order chi connectivity index (χ0) is 24.2. The summed E-state index contributed by atoms with van der Waals surface area (Å²) in [5, 5.41) is 14.3. The van der Waals surface area contributed by atoms with E-state index in [1.165, 1.54) is 5.56 Å². The van der Waals surface area contributed by atoms with Crippen LogP contribution in [0.3, 0.4) is 0 Å². The van der Waals surface area contributed by atoms with Crippen molar-refractivity contribution in [1.82, 2.24) is 9.88 Å². The molecule has 0 unspecified atom stereocenters. The molecule has 34 heavy (non-hydrogen) atoms. The molecule has 1 aliphatic rings. The molecule has 7 nitrogen and oxygen atoms in total. The number of carboxylic acid groups (broad SMARTS) is 1. The molecule has 0 aliphatic heterocycles. The highest BCUT2D eigenvalue weighted by atomic mass is 32.1. The van der Waals surface area contributed by atoms with Crippen molar-refractivity contribution in [2.45, 2.75) is 58.5 Å². The fourth-order valence-electron chi connectivity index (χ4n) is 4.75. The monoisotopic (exact) mass is 481 g/mol. The number of aliphatic carboxylic acids is 1. The van der Waals surface area contributed by atoms with Gasteiger partial charge in [0, 0.05) is 18.3 Å². The SMILES string of the molecule is CCc1cccc(N(CC)C(=O)Cn2c(C(=O)NC3CCC(C(=O)O)CC3)cc3sccc32)c1. The number of aryl methyl sites for hydroxylation is 1. The van der Waals surface area contributed by atoms with Crippen LogP contribution in [0.5, 0.6) is 0 Å². The first-order chi connectivity index (χ1) is 16.4. The van der Waals surface area contributed by atoms with Crippen molar-refractivity contribution in [3.63, 3.8) is 0 Å². The van der Waals surface area contributed by atoms with Crippen LogP contribution in [0.4, 0.5) is 5.69 Å². The third kappa shape index (κ3) is 5.01. The zero-order valence-corrected chi connectivity index (χ0v) is 20.4. The second-order valence-electron chi connectivity index (χ2n) is 8.81. The van der Waals surface area contributed by atoms with E-state index in [1.54, 1.807) is 20.8 Å². The van der Waals surface area contributed by atoms with Crippen LogP contribution < -0.4 is 10.2 Å². The van der Waals surface area contributed by atoms with Crippen molar-refractivity contribution in [1.29, 1.82) is 0 Å². The van der Waals surface area contributed by atoms with E-state index in [1.807, 2.05) is 42.6 Å². The summed E-state index contributed by atoms with van der Waals surface area (Å²) in [6.07, 6.45) is 3.32. The van der Waals surface area contributed by atoms with Crippen LogP contribution in [0.1, 0.15) is 55.6 Å². The molecule has 0 radical (unpaired) electrons. The van der Waals surface area contributed by atoms with Crippen molar-refractivity contribution in [2.75, 3.05) is 11.4 Å². The molecule has 1 saturated carbocycles. The Hall–Kier alpha value is -3.13. The smallest absolute Gasteiger partial charge is 0.306 e. The number of amides is 2. The van der Waals surface area contributed by atoms with Gasteiger partial charge >= 0.3 is 5.97 Å². The van der Waals surface area contributed by atoms with Gasteiger partial charge in [0.1, 0.15) is 12.2 Å². The Bertz CT molecular complexity index is 1190. The summed E-state index contributed by atoms with van der Waals surface area (Å²) in [4.78, 5) is 39.6. The number of hydrogen-bond acceptors (Lipinski definition) is 4. The second-order valence-corrected chi connectivity index (χ2v) is 9.76. The normalized spacial score (nSPS) is 18.1. The van der Waals surface area contributed by atoms with E-state index in [-0.39, 0.29) is 30.3 Å². The molecule has 0 spiro atoms. The van der Waals surface area contributed by atoms with Crippen LogP contribution in [0.15, 0.2) is 41.8 Å². The number of benzene rings is 1. The predicted molar refractivity (Wildman–Crippen MR) is 135 cm³/mol. The summed E-state index contributed by atoms with van der Waals surface area (Å²) in [5.41, 5.74) is 3.37. The summed E-state index contributed by atoms with van der Waals surface area (Å²) in [5.74, 6) is -1.38. The van der Waals surface area contributed by atoms with Gasteiger partial charge in [0.15, 0.2) is 0 Å². The predicted octanol–water partition coefficient (Wildman–Crippen LogP) is 4.69. The van der Waals surface area contributed by atoms with E-state index < -0.39 is 5.97 Å². The molecule has 2 heterocycles. The molecule has 2 aromatic heterocycles. The zero-order valence-electron chi connectivity index (χ0n) is 19.6. The average molecular weight is 482 g/mol. The summed E-state index contributed by atoms with van der Waals surface area (Å²) >= 11 is 1.54. The van der Waals surface area contributed by atoms with Crippen LogP contribution in [-0.2, 0) is 22.6 Å². The third-order valence-corrected chi connectivity index (χ3v) is 7.56. The molecule has 1 fully saturated rings. The number of rotatable bonds is 8. The van der Waals surface area contributed by atoms with E-state index in [4.69, 9.17) is 0 Å². The van der Waals surface area contributed by atoms with E-state index in [0.717, 1.165) is 22.3 Å². The van der Waals surface area contributed by atoms with Gasteiger partial charge in [-0.25, -0.2) is 0 Å². The molecule has 0 saturated heterocycles. The highest BCUT2D eigenvalue weighted by Crippen LogP contribution is 2.28. The van der Waals surface area contributed by atoms with E-state index >= 15 is 0 Å². The van der Waals surface area contributed by atoms with Gasteiger partial charge in [-0.05, 0) is 74.2 Å². The molecule has 0 atom stereocenters. The summed E-state index contributed by atoms with van der Waals surface area (Å²) in [6.45, 7) is 4.64. The number of anilines is 1. The lowest BCUT2D eigenvalue weighted by Crippen LogP contribution is -2.40. The van der Waals surface area contributed by atoms with Crippen molar-refractivity contribution < 1.29 is 19.5 Å². The maximum atomic E-state index is 13.4. The van der Waals surface area contributed by atoms with Crippen LogP contribution in [-0.4, -0.2) is 40.0 Å². The molecule has 2 N–H and O–H groups in total. The first kappa shape index (κ1) is 24.0. The number of nitrogens with zero attached hydrogens (tertiary/aromatic N) is 2. The van der Waals surface area contributed by atoms with Gasteiger partial charge in [0.2, 0.25) is 5.91 Å². The van der Waals surface area contributed by atoms with Gasteiger partial charge in [0.25, 0.3) is 5.91 Å². The van der Waals surface area contributed by atoms with Gasteiger partial charge < -0.3 is 19.9 Å². The molecule has 0 bridgehead atoms. The second kappa shape index (κ2) is 10.4. The Morgan fingerprint density at radius 1 is 1.12 bits per heavy atom. The number of likely N-dealkylation sites (N-methyl/N-ethyl adjacent to an activating group) is 1. The topological polar surface area (TPSA) is 91.6 Å². The van der Waals surface area contributed by atoms with E-state index in [9.17, 15) is 19.5 Å². The number of nitrogens with one attached hydrogen (secondary N) is 1. The number of carbonyl (C=O) groups is 3. The van der Waals surface area contributed by atoms with Crippen LogP contribution in [0, 0.1) is 5.92 Å². The Morgan fingerprint density at radius 3 is 2.56 bits per heavy atom. The third-order valence-electron chi connectivity index (χ3n) is 6.71. The van der Waals surface area contributed by atoms with Gasteiger partial charge in [-0.1, -0.05) is 19.1 Å². The minimum Gasteiger partial charge on any atom is -0.481 e. The number of thiophene rings is 1. The molecule has 2 amide bonds. The van der Waals surface area contributed by atoms with E-state index in [0.29, 0.717) is 37.9 Å². The van der Waals surface area contributed by atoms with Gasteiger partial charge in [-0.3, -0.25) is 14.4 Å². The van der Waals surface area contributed by atoms with Crippen LogP contribution in [0.25, 0.3) is 10.2 Å². The molecular formula is C26H31N3O4S. The molecular weight excluding hydrogens is 450 g/mol. The fourth-order valence-corrected chi connectivity index (χ4v) is 5.57. The van der Waals surface area contributed by atoms with Crippen LogP contribution in [0.2, 0.25) is 0 Å². The molecule has 1 aliphatic carbocycles. The largest absolute Gasteiger partial charge is 0.481 e. The van der Waals surface area contributed by atoms with E-state index in [2.05, 4.69) is 18.3 Å². The summed E-state index contributed by atoms with van der Waals surface area (Å²) in [6, 6.07) is 11.7. The van der Waals surface area contributed by atoms with Gasteiger partial charge in [-0.2, -0.15) is 0 Å². The first-order valence-corrected chi connectivity index (χ1v) is 12.8. The number of aromatic nitrogens is 1. The summed E-state index contributed by atoms with van der Waals surface area (Å²) < 4.78 is 2.77. The molecule has 4 rings (SSSR count). The minimum absolute atomic E-state index is 0.0517. The number of fused-ring (bicyclic) bond motifs is 1. The number of carboxylic acids is 1. The Labute approximate surface area is 203 Å². The quantitative estimate of drug-likeness (QED) is 0.488. The molecule has 180 valence electrons.